The predicted molar refractivity (Wildman–Crippen MR) is 66.5 cm³/mol. The molecule has 17 heavy (non-hydrogen) atoms. The minimum atomic E-state index is -0.871. The van der Waals surface area contributed by atoms with E-state index in [4.69, 9.17) is 5.11 Å². The summed E-state index contributed by atoms with van der Waals surface area (Å²) < 4.78 is 0. The molecule has 92 valence electrons. The van der Waals surface area contributed by atoms with Gasteiger partial charge < -0.3 is 10.0 Å². The molecule has 0 atom stereocenters. The van der Waals surface area contributed by atoms with Crippen molar-refractivity contribution in [3.05, 3.63) is 24.0 Å². The van der Waals surface area contributed by atoms with Gasteiger partial charge in [0.05, 0.1) is 17.4 Å². The van der Waals surface area contributed by atoms with E-state index in [0.717, 1.165) is 31.6 Å². The summed E-state index contributed by atoms with van der Waals surface area (Å²) in [5.74, 6) is -0.871. The molecule has 4 nitrogen and oxygen atoms in total. The summed E-state index contributed by atoms with van der Waals surface area (Å²) in [5.41, 5.74) is 1.13. The number of hydrogen-bond acceptors (Lipinski definition) is 3. The lowest BCUT2D eigenvalue weighted by Gasteiger charge is -2.27. The van der Waals surface area contributed by atoms with Crippen LogP contribution in [0.2, 0.25) is 0 Å². The first-order valence-electron chi connectivity index (χ1n) is 6.21. The Kier molecular flexibility index (Phi) is 3.96. The van der Waals surface area contributed by atoms with Gasteiger partial charge in [-0.25, -0.2) is 4.79 Å². The highest BCUT2D eigenvalue weighted by Gasteiger charge is 2.16. The zero-order valence-corrected chi connectivity index (χ0v) is 9.93. The average Bonchev–Trinajstić information content (AvgIpc) is 2.28. The number of hydrogen-bond donors (Lipinski definition) is 1. The van der Waals surface area contributed by atoms with Crippen molar-refractivity contribution < 1.29 is 9.90 Å². The first-order chi connectivity index (χ1) is 8.29. The van der Waals surface area contributed by atoms with Gasteiger partial charge in [-0.3, -0.25) is 4.98 Å². The topological polar surface area (TPSA) is 53.4 Å². The Morgan fingerprint density at radius 3 is 2.47 bits per heavy atom. The van der Waals surface area contributed by atoms with Crippen LogP contribution in [0.3, 0.4) is 0 Å². The minimum Gasteiger partial charge on any atom is -0.478 e. The van der Waals surface area contributed by atoms with E-state index in [0.29, 0.717) is 5.56 Å². The second-order valence-electron chi connectivity index (χ2n) is 4.45. The number of carboxylic acid groups (broad SMARTS) is 1. The highest BCUT2D eigenvalue weighted by Crippen LogP contribution is 2.22. The van der Waals surface area contributed by atoms with Gasteiger partial charge in [0.2, 0.25) is 0 Å². The summed E-state index contributed by atoms with van der Waals surface area (Å²) in [4.78, 5) is 17.4. The molecule has 1 N–H and O–H groups in total. The van der Waals surface area contributed by atoms with Crippen LogP contribution in [0.5, 0.6) is 0 Å². The third kappa shape index (κ3) is 2.96. The quantitative estimate of drug-likeness (QED) is 0.854. The molecular weight excluding hydrogens is 216 g/mol. The number of aromatic nitrogens is 1. The molecule has 1 aromatic heterocycles. The van der Waals surface area contributed by atoms with Gasteiger partial charge in [0.1, 0.15) is 0 Å². The molecule has 0 bridgehead atoms. The van der Waals surface area contributed by atoms with E-state index in [9.17, 15) is 4.79 Å². The van der Waals surface area contributed by atoms with Crippen LogP contribution >= 0.6 is 0 Å². The largest absolute Gasteiger partial charge is 0.478 e. The van der Waals surface area contributed by atoms with Crippen molar-refractivity contribution in [2.45, 2.75) is 32.1 Å². The van der Waals surface area contributed by atoms with E-state index in [1.807, 2.05) is 0 Å². The number of pyridine rings is 1. The van der Waals surface area contributed by atoms with Crippen molar-refractivity contribution >= 4 is 11.7 Å². The SMILES string of the molecule is O=C(O)c1ccncc1N1CCCCCCC1. The van der Waals surface area contributed by atoms with Crippen LogP contribution in [-0.2, 0) is 0 Å². The van der Waals surface area contributed by atoms with Crippen LogP contribution in [0.4, 0.5) is 5.69 Å². The van der Waals surface area contributed by atoms with E-state index < -0.39 is 5.97 Å². The van der Waals surface area contributed by atoms with E-state index in [1.165, 1.54) is 25.5 Å². The van der Waals surface area contributed by atoms with Crippen molar-refractivity contribution in [3.8, 4) is 0 Å². The number of carbonyl (C=O) groups is 1. The van der Waals surface area contributed by atoms with E-state index in [2.05, 4.69) is 9.88 Å². The van der Waals surface area contributed by atoms with Gasteiger partial charge in [0.25, 0.3) is 0 Å². The van der Waals surface area contributed by atoms with Gasteiger partial charge in [-0.2, -0.15) is 0 Å². The molecule has 0 aromatic carbocycles. The fraction of sp³-hybridized carbons (Fsp3) is 0.538. The first kappa shape index (κ1) is 11.9. The van der Waals surface area contributed by atoms with Crippen molar-refractivity contribution in [2.75, 3.05) is 18.0 Å². The summed E-state index contributed by atoms with van der Waals surface area (Å²) in [6.45, 7) is 1.87. The van der Waals surface area contributed by atoms with Gasteiger partial charge in [0.15, 0.2) is 0 Å². The molecule has 0 spiro atoms. The lowest BCUT2D eigenvalue weighted by Crippen LogP contribution is -2.28. The van der Waals surface area contributed by atoms with Gasteiger partial charge in [-0.05, 0) is 18.9 Å². The van der Waals surface area contributed by atoms with Crippen molar-refractivity contribution in [2.24, 2.45) is 0 Å². The second-order valence-corrected chi connectivity index (χ2v) is 4.45. The fourth-order valence-corrected chi connectivity index (χ4v) is 2.31. The van der Waals surface area contributed by atoms with Gasteiger partial charge in [-0.1, -0.05) is 19.3 Å². The van der Waals surface area contributed by atoms with Crippen LogP contribution < -0.4 is 4.90 Å². The molecule has 4 heteroatoms. The van der Waals surface area contributed by atoms with Crippen LogP contribution in [0, 0.1) is 0 Å². The normalized spacial score (nSPS) is 17.3. The second kappa shape index (κ2) is 5.66. The molecule has 0 unspecified atom stereocenters. The van der Waals surface area contributed by atoms with Crippen LogP contribution in [0.25, 0.3) is 0 Å². The summed E-state index contributed by atoms with van der Waals surface area (Å²) in [5, 5.41) is 9.17. The molecule has 1 aliphatic heterocycles. The standard InChI is InChI=1S/C13H18N2O2/c16-13(17)11-6-7-14-10-12(11)15-8-4-2-1-3-5-9-15/h6-7,10H,1-5,8-9H2,(H,16,17). The molecule has 0 saturated carbocycles. The predicted octanol–water partition coefficient (Wildman–Crippen LogP) is 2.55. The minimum absolute atomic E-state index is 0.362. The van der Waals surface area contributed by atoms with Crippen molar-refractivity contribution in [1.82, 2.24) is 4.98 Å². The summed E-state index contributed by atoms with van der Waals surface area (Å²) in [6, 6.07) is 1.58. The van der Waals surface area contributed by atoms with Gasteiger partial charge in [0, 0.05) is 19.3 Å². The molecule has 1 fully saturated rings. The molecule has 1 aromatic rings. The first-order valence-corrected chi connectivity index (χ1v) is 6.21. The Bertz CT molecular complexity index is 385. The van der Waals surface area contributed by atoms with Gasteiger partial charge in [-0.15, -0.1) is 0 Å². The van der Waals surface area contributed by atoms with E-state index >= 15 is 0 Å². The molecule has 0 radical (unpaired) electrons. The summed E-state index contributed by atoms with van der Waals surface area (Å²) in [6.07, 6.45) is 9.25. The zero-order valence-electron chi connectivity index (χ0n) is 9.93. The maximum absolute atomic E-state index is 11.2. The zero-order chi connectivity index (χ0) is 12.1. The van der Waals surface area contributed by atoms with E-state index in [1.54, 1.807) is 12.3 Å². The Balaban J connectivity index is 2.21. The number of carboxylic acids is 1. The Hall–Kier alpha value is -1.58. The maximum Gasteiger partial charge on any atom is 0.337 e. The summed E-state index contributed by atoms with van der Waals surface area (Å²) in [7, 11) is 0. The lowest BCUT2D eigenvalue weighted by atomic mass is 10.1. The Morgan fingerprint density at radius 1 is 1.18 bits per heavy atom. The third-order valence-corrected chi connectivity index (χ3v) is 3.23. The smallest absolute Gasteiger partial charge is 0.337 e. The monoisotopic (exact) mass is 234 g/mol. The maximum atomic E-state index is 11.2. The Labute approximate surface area is 101 Å². The van der Waals surface area contributed by atoms with Crippen LogP contribution in [0.1, 0.15) is 42.5 Å². The lowest BCUT2D eigenvalue weighted by molar-refractivity contribution is 0.0697. The van der Waals surface area contributed by atoms with E-state index in [-0.39, 0.29) is 0 Å². The third-order valence-electron chi connectivity index (χ3n) is 3.23. The molecule has 1 saturated heterocycles. The highest BCUT2D eigenvalue weighted by molar-refractivity contribution is 5.94. The summed E-state index contributed by atoms with van der Waals surface area (Å²) >= 11 is 0. The van der Waals surface area contributed by atoms with Crippen LogP contribution in [0.15, 0.2) is 18.5 Å². The number of anilines is 1. The highest BCUT2D eigenvalue weighted by atomic mass is 16.4. The van der Waals surface area contributed by atoms with Crippen molar-refractivity contribution in [3.63, 3.8) is 0 Å². The van der Waals surface area contributed by atoms with Crippen LogP contribution in [-0.4, -0.2) is 29.1 Å². The molecule has 0 amide bonds. The molecule has 2 rings (SSSR count). The molecule has 0 aliphatic carbocycles. The average molecular weight is 234 g/mol. The van der Waals surface area contributed by atoms with Crippen molar-refractivity contribution in [1.29, 1.82) is 0 Å². The number of rotatable bonds is 2. The number of aromatic carboxylic acids is 1. The van der Waals surface area contributed by atoms with Gasteiger partial charge >= 0.3 is 5.97 Å². The molecule has 2 heterocycles. The Morgan fingerprint density at radius 2 is 1.82 bits per heavy atom. The number of nitrogens with zero attached hydrogens (tertiary/aromatic N) is 2. The fourth-order valence-electron chi connectivity index (χ4n) is 2.31. The molecule has 1 aliphatic rings. The molecular formula is C13H18N2O2.